The van der Waals surface area contributed by atoms with E-state index in [2.05, 4.69) is 0 Å². The summed E-state index contributed by atoms with van der Waals surface area (Å²) in [6, 6.07) is 8.44. The number of esters is 3. The van der Waals surface area contributed by atoms with Gasteiger partial charge in [-0.2, -0.15) is 0 Å². The van der Waals surface area contributed by atoms with Crippen molar-refractivity contribution < 1.29 is 42.9 Å². The summed E-state index contributed by atoms with van der Waals surface area (Å²) in [5.41, 5.74) is 0.755. The molecule has 0 spiro atoms. The molecular formula is C23H25NO9. The molecule has 1 aromatic carbocycles. The van der Waals surface area contributed by atoms with Crippen LogP contribution in [-0.4, -0.2) is 60.2 Å². The van der Waals surface area contributed by atoms with E-state index in [1.807, 2.05) is 6.07 Å². The Balaban J connectivity index is 2.12. The van der Waals surface area contributed by atoms with Crippen molar-refractivity contribution >= 4 is 29.9 Å². The lowest BCUT2D eigenvalue weighted by Gasteiger charge is -2.23. The van der Waals surface area contributed by atoms with Crippen molar-refractivity contribution in [1.29, 1.82) is 0 Å². The summed E-state index contributed by atoms with van der Waals surface area (Å²) < 4.78 is 20.1. The van der Waals surface area contributed by atoms with Crippen LogP contribution in [0.1, 0.15) is 32.4 Å². The van der Waals surface area contributed by atoms with Crippen LogP contribution in [0.4, 0.5) is 4.79 Å². The van der Waals surface area contributed by atoms with E-state index in [0.29, 0.717) is 0 Å². The molecule has 33 heavy (non-hydrogen) atoms. The quantitative estimate of drug-likeness (QED) is 0.236. The summed E-state index contributed by atoms with van der Waals surface area (Å²) in [5, 5.41) is 0. The lowest BCUT2D eigenvalue weighted by Crippen LogP contribution is -2.37. The lowest BCUT2D eigenvalue weighted by atomic mass is 10.1. The molecule has 1 saturated heterocycles. The Morgan fingerprint density at radius 2 is 1.70 bits per heavy atom. The van der Waals surface area contributed by atoms with Crippen molar-refractivity contribution in [1.82, 2.24) is 4.90 Å². The molecule has 0 bridgehead atoms. The van der Waals surface area contributed by atoms with E-state index in [1.165, 1.54) is 32.1 Å². The van der Waals surface area contributed by atoms with Gasteiger partial charge in [0, 0.05) is 26.8 Å². The van der Waals surface area contributed by atoms with E-state index in [9.17, 15) is 24.0 Å². The summed E-state index contributed by atoms with van der Waals surface area (Å²) in [7, 11) is 0. The highest BCUT2D eigenvalue weighted by Crippen LogP contribution is 2.27. The number of benzene rings is 1. The first-order valence-electron chi connectivity index (χ1n) is 10.1. The van der Waals surface area contributed by atoms with Crippen LogP contribution in [0.2, 0.25) is 0 Å². The molecule has 0 aliphatic carbocycles. The van der Waals surface area contributed by atoms with Crippen LogP contribution >= 0.6 is 0 Å². The molecule has 0 saturated carbocycles. The van der Waals surface area contributed by atoms with Gasteiger partial charge >= 0.3 is 24.0 Å². The van der Waals surface area contributed by atoms with Crippen LogP contribution in [0.15, 0.2) is 54.6 Å². The monoisotopic (exact) mass is 459 g/mol. The minimum atomic E-state index is -1.09. The maximum absolute atomic E-state index is 12.6. The number of rotatable bonds is 9. The normalized spacial score (nSPS) is 17.5. The van der Waals surface area contributed by atoms with Crippen LogP contribution in [0, 0.1) is 0 Å². The number of nitrogens with zero attached hydrogens (tertiary/aromatic N) is 1. The SMILES string of the molecule is CC(=O)OC[C@@H](OC(C)=O)[C@H](/C=C/C=C/C(=O)N1C(=O)OC[C@H]1c1ccccc1)OC(C)=O. The Morgan fingerprint density at radius 1 is 1.03 bits per heavy atom. The highest BCUT2D eigenvalue weighted by atomic mass is 16.6. The van der Waals surface area contributed by atoms with E-state index in [4.69, 9.17) is 18.9 Å². The Morgan fingerprint density at radius 3 is 2.30 bits per heavy atom. The molecule has 0 radical (unpaired) electrons. The maximum atomic E-state index is 12.6. The summed E-state index contributed by atoms with van der Waals surface area (Å²) in [5.74, 6) is -2.52. The third-order valence-electron chi connectivity index (χ3n) is 4.38. The zero-order valence-electron chi connectivity index (χ0n) is 18.5. The fraction of sp³-hybridized carbons (Fsp3) is 0.348. The van der Waals surface area contributed by atoms with Gasteiger partial charge in [0.05, 0.1) is 0 Å². The van der Waals surface area contributed by atoms with Crippen molar-refractivity contribution in [2.24, 2.45) is 0 Å². The first-order valence-corrected chi connectivity index (χ1v) is 10.1. The van der Waals surface area contributed by atoms with Crippen molar-refractivity contribution in [2.75, 3.05) is 13.2 Å². The van der Waals surface area contributed by atoms with Gasteiger partial charge < -0.3 is 18.9 Å². The highest BCUT2D eigenvalue weighted by molar-refractivity contribution is 6.00. The standard InChI is InChI=1S/C23H25NO9/c1-15(25)30-14-21(33-17(3)27)20(32-16(2)26)11-7-8-12-22(28)24-19(13-31-23(24)29)18-9-5-4-6-10-18/h4-12,19-21H,13-14H2,1-3H3/b11-7+,12-8+/t19-,20-,21+/m0/s1. The summed E-state index contributed by atoms with van der Waals surface area (Å²) in [6.07, 6.45) is 2.30. The number of imide groups is 1. The molecule has 0 aromatic heterocycles. The molecule has 1 aliphatic rings. The predicted octanol–water partition coefficient (Wildman–Crippen LogP) is 2.25. The third-order valence-corrected chi connectivity index (χ3v) is 4.38. The molecular weight excluding hydrogens is 434 g/mol. The second-order valence-corrected chi connectivity index (χ2v) is 6.98. The summed E-state index contributed by atoms with van der Waals surface area (Å²) >= 11 is 0. The van der Waals surface area contributed by atoms with Gasteiger partial charge in [-0.15, -0.1) is 0 Å². The molecule has 0 N–H and O–H groups in total. The molecule has 1 aromatic rings. The van der Waals surface area contributed by atoms with E-state index in [0.717, 1.165) is 23.5 Å². The van der Waals surface area contributed by atoms with Crippen molar-refractivity contribution in [3.8, 4) is 0 Å². The number of amides is 2. The van der Waals surface area contributed by atoms with Crippen LogP contribution in [0.3, 0.4) is 0 Å². The minimum Gasteiger partial charge on any atom is -0.462 e. The van der Waals surface area contributed by atoms with Gasteiger partial charge in [0.15, 0.2) is 12.2 Å². The Bertz CT molecular complexity index is 939. The second-order valence-electron chi connectivity index (χ2n) is 6.98. The zero-order chi connectivity index (χ0) is 24.4. The average Bonchev–Trinajstić information content (AvgIpc) is 3.14. The Kier molecular flexibility index (Phi) is 9.34. The molecule has 1 heterocycles. The number of cyclic esters (lactones) is 1. The van der Waals surface area contributed by atoms with Crippen LogP contribution in [0.25, 0.3) is 0 Å². The molecule has 1 aliphatic heterocycles. The minimum absolute atomic E-state index is 0.0486. The number of carbonyl (C=O) groups is 5. The molecule has 10 heteroatoms. The van der Waals surface area contributed by atoms with Gasteiger partial charge in [-0.05, 0) is 11.6 Å². The van der Waals surface area contributed by atoms with E-state index in [1.54, 1.807) is 24.3 Å². The maximum Gasteiger partial charge on any atom is 0.417 e. The van der Waals surface area contributed by atoms with E-state index >= 15 is 0 Å². The largest absolute Gasteiger partial charge is 0.462 e. The highest BCUT2D eigenvalue weighted by Gasteiger charge is 2.37. The van der Waals surface area contributed by atoms with Crippen molar-refractivity contribution in [2.45, 2.75) is 39.0 Å². The number of hydrogen-bond acceptors (Lipinski definition) is 9. The van der Waals surface area contributed by atoms with Gasteiger partial charge in [0.25, 0.3) is 5.91 Å². The average molecular weight is 459 g/mol. The van der Waals surface area contributed by atoms with Crippen molar-refractivity contribution in [3.05, 3.63) is 60.2 Å². The molecule has 2 rings (SSSR count). The van der Waals surface area contributed by atoms with Gasteiger partial charge in [0.1, 0.15) is 19.3 Å². The Hall–Kier alpha value is -3.95. The van der Waals surface area contributed by atoms with E-state index < -0.39 is 48.2 Å². The molecule has 10 nitrogen and oxygen atoms in total. The molecule has 176 valence electrons. The first kappa shape index (κ1) is 25.3. The first-order chi connectivity index (χ1) is 15.7. The predicted molar refractivity (Wildman–Crippen MR) is 113 cm³/mol. The molecule has 1 fully saturated rings. The number of ether oxygens (including phenoxy) is 4. The lowest BCUT2D eigenvalue weighted by molar-refractivity contribution is -0.169. The molecule has 0 unspecified atom stereocenters. The summed E-state index contributed by atoms with van der Waals surface area (Å²) in [6.45, 7) is 3.22. The number of hydrogen-bond donors (Lipinski definition) is 0. The van der Waals surface area contributed by atoms with Crippen LogP contribution < -0.4 is 0 Å². The smallest absolute Gasteiger partial charge is 0.417 e. The number of carbonyl (C=O) groups excluding carboxylic acids is 5. The van der Waals surface area contributed by atoms with Gasteiger partial charge in [-0.1, -0.05) is 42.5 Å². The second kappa shape index (κ2) is 12.2. The van der Waals surface area contributed by atoms with Gasteiger partial charge in [-0.25, -0.2) is 9.69 Å². The molecule has 3 atom stereocenters. The van der Waals surface area contributed by atoms with Gasteiger partial charge in [0.2, 0.25) is 0 Å². The topological polar surface area (TPSA) is 126 Å². The fourth-order valence-electron chi connectivity index (χ4n) is 3.02. The summed E-state index contributed by atoms with van der Waals surface area (Å²) in [4.78, 5) is 59.7. The van der Waals surface area contributed by atoms with Crippen molar-refractivity contribution in [3.63, 3.8) is 0 Å². The number of allylic oxidation sites excluding steroid dienone is 2. The van der Waals surface area contributed by atoms with Crippen LogP contribution in [-0.2, 0) is 38.1 Å². The third kappa shape index (κ3) is 7.91. The molecule has 2 amide bonds. The Labute approximate surface area is 190 Å². The fourth-order valence-corrected chi connectivity index (χ4v) is 3.02. The zero-order valence-corrected chi connectivity index (χ0v) is 18.5. The van der Waals surface area contributed by atoms with Gasteiger partial charge in [-0.3, -0.25) is 19.2 Å². The van der Waals surface area contributed by atoms with Crippen LogP contribution in [0.5, 0.6) is 0 Å². The van der Waals surface area contributed by atoms with E-state index in [-0.39, 0.29) is 13.2 Å².